The molecule has 1 saturated carbocycles. The van der Waals surface area contributed by atoms with E-state index < -0.39 is 37.1 Å². The molecule has 0 aromatic rings. The summed E-state index contributed by atoms with van der Waals surface area (Å²) in [5, 5.41) is 4.37. The predicted molar refractivity (Wildman–Crippen MR) is 158 cm³/mol. The molecule has 0 bridgehead atoms. The number of phosphoric ester groups is 1. The first-order chi connectivity index (χ1) is 21.1. The molecule has 256 valence electrons. The maximum atomic E-state index is 13.3. The first-order valence-electron chi connectivity index (χ1n) is 14.3. The van der Waals surface area contributed by atoms with E-state index in [1.807, 2.05) is 0 Å². The normalized spacial score (nSPS) is 18.5. The molecule has 3 N–H and O–H groups in total. The fraction of sp³-hybridized carbons (Fsp3) is 0.846. The number of carbonyl (C=O) groups excluding carboxylic acids is 4. The van der Waals surface area contributed by atoms with Gasteiger partial charge in [0.2, 0.25) is 0 Å². The number of ketones is 2. The number of alkyl carbamates (subject to hydrolysis) is 2. The number of Topliss-reactive ketones (excluding diaryl/α,β-unsaturated/α-hetero) is 2. The van der Waals surface area contributed by atoms with Crippen molar-refractivity contribution in [1.29, 1.82) is 0 Å². The molecule has 0 aromatic carbocycles. The second kappa shape index (κ2) is 24.4. The van der Waals surface area contributed by atoms with Crippen molar-refractivity contribution in [3.8, 4) is 0 Å². The summed E-state index contributed by atoms with van der Waals surface area (Å²) >= 11 is 1.38. The van der Waals surface area contributed by atoms with Gasteiger partial charge in [0, 0.05) is 40.2 Å². The first kappa shape index (κ1) is 40.2. The van der Waals surface area contributed by atoms with Crippen LogP contribution in [0.2, 0.25) is 0 Å². The van der Waals surface area contributed by atoms with Gasteiger partial charge in [0.1, 0.15) is 25.7 Å². The van der Waals surface area contributed by atoms with E-state index in [-0.39, 0.29) is 64.3 Å². The van der Waals surface area contributed by atoms with Crippen LogP contribution in [-0.4, -0.2) is 127 Å². The number of amides is 2. The quantitative estimate of drug-likeness (QED) is 0.0519. The highest BCUT2D eigenvalue weighted by molar-refractivity contribution is 8.00. The SMILES string of the molecule is COCCOCCNC(=O)OCC(COC(=O)NCOCCOC)C1C(=O)CC(SCCCCCCOP(=O)(O)OC)C1=O. The number of ether oxygens (including phenoxy) is 6. The fourth-order valence-corrected chi connectivity index (χ4v) is 5.64. The number of hydrogen-bond acceptors (Lipinski definition) is 14. The summed E-state index contributed by atoms with van der Waals surface area (Å²) in [5.74, 6) is -1.93. The zero-order valence-corrected chi connectivity index (χ0v) is 27.4. The number of nitrogens with one attached hydrogen (secondary N) is 2. The Balaban J connectivity index is 2.58. The molecule has 0 aliphatic heterocycles. The van der Waals surface area contributed by atoms with E-state index in [2.05, 4.69) is 15.2 Å². The molecule has 4 atom stereocenters. The van der Waals surface area contributed by atoms with Crippen molar-refractivity contribution in [2.24, 2.45) is 11.8 Å². The Kier molecular flexibility index (Phi) is 22.3. The van der Waals surface area contributed by atoms with E-state index >= 15 is 0 Å². The number of rotatable bonds is 26. The molecule has 4 unspecified atom stereocenters. The van der Waals surface area contributed by atoms with Crippen LogP contribution in [0.4, 0.5) is 9.59 Å². The number of unbranched alkanes of at least 4 members (excludes halogenated alkanes) is 3. The monoisotopic (exact) mass is 674 g/mol. The summed E-state index contributed by atoms with van der Waals surface area (Å²) in [7, 11) is 0.187. The van der Waals surface area contributed by atoms with E-state index in [9.17, 15) is 28.6 Å². The molecule has 18 heteroatoms. The van der Waals surface area contributed by atoms with Gasteiger partial charge in [-0.1, -0.05) is 12.8 Å². The van der Waals surface area contributed by atoms with Gasteiger partial charge >= 0.3 is 20.0 Å². The highest BCUT2D eigenvalue weighted by atomic mass is 32.2. The molecule has 0 saturated heterocycles. The van der Waals surface area contributed by atoms with Gasteiger partial charge in [-0.2, -0.15) is 11.8 Å². The summed E-state index contributed by atoms with van der Waals surface area (Å²) in [5.41, 5.74) is 0. The Morgan fingerprint density at radius 2 is 1.52 bits per heavy atom. The summed E-state index contributed by atoms with van der Waals surface area (Å²) in [6, 6.07) is 0. The summed E-state index contributed by atoms with van der Waals surface area (Å²) < 4.78 is 51.1. The van der Waals surface area contributed by atoms with Crippen LogP contribution in [0.15, 0.2) is 0 Å². The highest BCUT2D eigenvalue weighted by Crippen LogP contribution is 2.42. The van der Waals surface area contributed by atoms with Crippen LogP contribution in [0.5, 0.6) is 0 Å². The predicted octanol–water partition coefficient (Wildman–Crippen LogP) is 1.92. The van der Waals surface area contributed by atoms with Gasteiger partial charge in [-0.25, -0.2) is 14.2 Å². The van der Waals surface area contributed by atoms with Crippen LogP contribution in [-0.2, 0) is 51.6 Å². The van der Waals surface area contributed by atoms with Gasteiger partial charge in [-0.05, 0) is 18.6 Å². The maximum Gasteiger partial charge on any atom is 0.471 e. The average Bonchev–Trinajstić information content (AvgIpc) is 3.28. The lowest BCUT2D eigenvalue weighted by Crippen LogP contribution is -2.38. The maximum absolute atomic E-state index is 13.3. The Hall–Kier alpha value is -1.82. The van der Waals surface area contributed by atoms with Crippen LogP contribution >= 0.6 is 19.6 Å². The fourth-order valence-electron chi connectivity index (χ4n) is 3.92. The highest BCUT2D eigenvalue weighted by Gasteiger charge is 2.46. The van der Waals surface area contributed by atoms with Crippen molar-refractivity contribution in [3.63, 3.8) is 0 Å². The number of methoxy groups -OCH3 is 2. The third kappa shape index (κ3) is 18.2. The molecule has 1 aliphatic carbocycles. The third-order valence-electron chi connectivity index (χ3n) is 6.23. The number of phosphoric acid groups is 1. The van der Waals surface area contributed by atoms with E-state index in [0.717, 1.165) is 26.4 Å². The van der Waals surface area contributed by atoms with Gasteiger partial charge < -0.3 is 38.6 Å². The zero-order chi connectivity index (χ0) is 32.6. The van der Waals surface area contributed by atoms with Crippen molar-refractivity contribution in [3.05, 3.63) is 0 Å². The lowest BCUT2D eigenvalue weighted by molar-refractivity contribution is -0.131. The molecule has 2 amide bonds. The zero-order valence-electron chi connectivity index (χ0n) is 25.7. The van der Waals surface area contributed by atoms with Crippen molar-refractivity contribution >= 4 is 43.3 Å². The molecule has 0 heterocycles. The van der Waals surface area contributed by atoms with Crippen molar-refractivity contribution in [1.82, 2.24) is 10.6 Å². The molecule has 0 spiro atoms. The third-order valence-corrected chi connectivity index (χ3v) is 8.52. The Labute approximate surface area is 262 Å². The molecule has 0 radical (unpaired) electrons. The van der Waals surface area contributed by atoms with Crippen LogP contribution in [0.3, 0.4) is 0 Å². The molecular formula is C26H47N2O14PS. The van der Waals surface area contributed by atoms with E-state index in [1.54, 1.807) is 7.11 Å². The van der Waals surface area contributed by atoms with Gasteiger partial charge in [0.15, 0.2) is 5.78 Å². The van der Waals surface area contributed by atoms with Gasteiger partial charge in [0.25, 0.3) is 0 Å². The molecule has 1 fully saturated rings. The summed E-state index contributed by atoms with van der Waals surface area (Å²) in [6.45, 7) is 1.14. The Morgan fingerprint density at radius 3 is 2.18 bits per heavy atom. The van der Waals surface area contributed by atoms with E-state index in [0.29, 0.717) is 32.0 Å². The minimum atomic E-state index is -3.97. The lowest BCUT2D eigenvalue weighted by atomic mass is 9.90. The largest absolute Gasteiger partial charge is 0.471 e. The Morgan fingerprint density at radius 1 is 0.886 bits per heavy atom. The molecule has 16 nitrogen and oxygen atoms in total. The summed E-state index contributed by atoms with van der Waals surface area (Å²) in [6.07, 6.45) is 1.35. The van der Waals surface area contributed by atoms with Gasteiger partial charge in [-0.15, -0.1) is 0 Å². The molecule has 0 aromatic heterocycles. The molecular weight excluding hydrogens is 627 g/mol. The van der Waals surface area contributed by atoms with Crippen molar-refractivity contribution in [2.45, 2.75) is 37.4 Å². The summed E-state index contributed by atoms with van der Waals surface area (Å²) in [4.78, 5) is 59.8. The Bertz CT molecular complexity index is 899. The number of thioether (sulfide) groups is 1. The number of carbonyl (C=O) groups is 4. The number of hydrogen-bond donors (Lipinski definition) is 3. The molecule has 1 aliphatic rings. The van der Waals surface area contributed by atoms with Crippen LogP contribution in [0, 0.1) is 11.8 Å². The molecule has 44 heavy (non-hydrogen) atoms. The standard InChI is InChI=1S/C26H47N2O14PS/c1-35-11-13-38-10-8-27-25(31)40-17-20(18-41-26(32)28-19-39-14-12-36-2)23-21(29)16-22(24(23)30)44-15-7-5-4-6-9-42-43(33,34)37-3/h20,22-23H,4-19H2,1-3H3,(H,27,31)(H,28,32)(H,33,34). The van der Waals surface area contributed by atoms with Crippen LogP contribution in [0.1, 0.15) is 32.1 Å². The topological polar surface area (TPSA) is 203 Å². The van der Waals surface area contributed by atoms with Gasteiger partial charge in [0.05, 0.1) is 50.8 Å². The average molecular weight is 675 g/mol. The minimum absolute atomic E-state index is 0.0336. The van der Waals surface area contributed by atoms with Crippen LogP contribution < -0.4 is 10.6 Å². The first-order valence-corrected chi connectivity index (χ1v) is 16.8. The smallest absolute Gasteiger partial charge is 0.449 e. The van der Waals surface area contributed by atoms with E-state index in [1.165, 1.54) is 18.9 Å². The van der Waals surface area contributed by atoms with E-state index in [4.69, 9.17) is 32.9 Å². The van der Waals surface area contributed by atoms with Gasteiger partial charge in [-0.3, -0.25) is 24.0 Å². The van der Waals surface area contributed by atoms with Crippen molar-refractivity contribution in [2.75, 3.05) is 93.2 Å². The lowest BCUT2D eigenvalue weighted by Gasteiger charge is -2.22. The second-order valence-corrected chi connectivity index (χ2v) is 12.4. The van der Waals surface area contributed by atoms with Crippen molar-refractivity contribution < 1.29 is 66.1 Å². The minimum Gasteiger partial charge on any atom is -0.449 e. The van der Waals surface area contributed by atoms with Crippen LogP contribution in [0.25, 0.3) is 0 Å². The molecule has 1 rings (SSSR count). The second-order valence-electron chi connectivity index (χ2n) is 9.52.